The Morgan fingerprint density at radius 2 is 2.38 bits per heavy atom. The Morgan fingerprint density at radius 3 is 2.85 bits per heavy atom. The van der Waals surface area contributed by atoms with E-state index in [4.69, 9.17) is 0 Å². The van der Waals surface area contributed by atoms with Crippen LogP contribution in [-0.2, 0) is 7.05 Å². The molecule has 0 aliphatic heterocycles. The average Bonchev–Trinajstić information content (AvgIpc) is 2.51. The van der Waals surface area contributed by atoms with Crippen LogP contribution < -0.4 is 0 Å². The van der Waals surface area contributed by atoms with Crippen LogP contribution >= 0.6 is 0 Å². The van der Waals surface area contributed by atoms with Crippen molar-refractivity contribution in [1.82, 2.24) is 9.78 Å². The Balaban J connectivity index is 2.91. The van der Waals surface area contributed by atoms with Gasteiger partial charge in [-0.2, -0.15) is 5.10 Å². The number of hydrogen-bond donors (Lipinski definition) is 0. The number of nitrogens with zero attached hydrogens (tertiary/aromatic N) is 2. The molecule has 0 aliphatic carbocycles. The molecule has 0 unspecified atom stereocenters. The molecule has 1 aromatic rings. The molecule has 3 heteroatoms. The fraction of sp³-hybridized carbons (Fsp3) is 0.100. The Labute approximate surface area is 76.7 Å². The van der Waals surface area contributed by atoms with Crippen LogP contribution in [0.25, 0.3) is 5.57 Å². The van der Waals surface area contributed by atoms with E-state index in [1.807, 2.05) is 0 Å². The third kappa shape index (κ3) is 2.15. The smallest absolute Gasteiger partial charge is 0.132 e. The van der Waals surface area contributed by atoms with Crippen molar-refractivity contribution in [3.05, 3.63) is 49.1 Å². The van der Waals surface area contributed by atoms with Crippen molar-refractivity contribution in [1.29, 1.82) is 0 Å². The highest BCUT2D eigenvalue weighted by Gasteiger charge is 2.06. The van der Waals surface area contributed by atoms with Gasteiger partial charge in [-0.3, -0.25) is 4.68 Å². The van der Waals surface area contributed by atoms with Crippen LogP contribution in [-0.4, -0.2) is 9.78 Å². The normalized spacial score (nSPS) is 11.4. The fourth-order valence-corrected chi connectivity index (χ4v) is 0.902. The second-order valence-corrected chi connectivity index (χ2v) is 2.60. The van der Waals surface area contributed by atoms with Crippen molar-refractivity contribution in [3.63, 3.8) is 0 Å². The van der Waals surface area contributed by atoms with Crippen LogP contribution in [0.15, 0.2) is 43.4 Å². The minimum atomic E-state index is -0.409. The molecule has 68 valence electrons. The SMILES string of the molecule is C=C/C=C(/F)C(=C)c1ccn(C)n1. The standard InChI is InChI=1S/C10H11FN2/c1-4-5-9(11)8(2)10-6-7-13(3)12-10/h4-7H,1-2H2,3H3/b9-5+. The minimum absolute atomic E-state index is 0.278. The lowest BCUT2D eigenvalue weighted by molar-refractivity contribution is 0.671. The first-order chi connectivity index (χ1) is 6.15. The molecule has 0 atom stereocenters. The van der Waals surface area contributed by atoms with Crippen molar-refractivity contribution in [3.8, 4) is 0 Å². The molecule has 2 nitrogen and oxygen atoms in total. The predicted octanol–water partition coefficient (Wildman–Crippen LogP) is 2.47. The van der Waals surface area contributed by atoms with Crippen LogP contribution in [0.2, 0.25) is 0 Å². The Morgan fingerprint density at radius 1 is 1.69 bits per heavy atom. The molecular weight excluding hydrogens is 167 g/mol. The van der Waals surface area contributed by atoms with Gasteiger partial charge < -0.3 is 0 Å². The molecule has 0 fully saturated rings. The molecule has 1 heterocycles. The van der Waals surface area contributed by atoms with Gasteiger partial charge in [-0.15, -0.1) is 0 Å². The summed E-state index contributed by atoms with van der Waals surface area (Å²) in [6.45, 7) is 6.99. The molecule has 0 N–H and O–H groups in total. The molecule has 1 rings (SSSR count). The van der Waals surface area contributed by atoms with E-state index in [9.17, 15) is 4.39 Å². The monoisotopic (exact) mass is 178 g/mol. The molecule has 0 saturated heterocycles. The number of allylic oxidation sites excluding steroid dienone is 4. The lowest BCUT2D eigenvalue weighted by Gasteiger charge is -1.96. The van der Waals surface area contributed by atoms with Crippen LogP contribution in [0.4, 0.5) is 4.39 Å². The maximum Gasteiger partial charge on any atom is 0.132 e. The van der Waals surface area contributed by atoms with Crippen molar-refractivity contribution < 1.29 is 4.39 Å². The topological polar surface area (TPSA) is 17.8 Å². The Bertz CT molecular complexity index is 361. The van der Waals surface area contributed by atoms with Crippen LogP contribution in [0.3, 0.4) is 0 Å². The summed E-state index contributed by atoms with van der Waals surface area (Å²) in [6, 6.07) is 1.71. The van der Waals surface area contributed by atoms with E-state index in [-0.39, 0.29) is 5.57 Å². The number of aryl methyl sites for hydroxylation is 1. The molecule has 0 aliphatic rings. The van der Waals surface area contributed by atoms with Gasteiger partial charge in [0.15, 0.2) is 0 Å². The van der Waals surface area contributed by atoms with Gasteiger partial charge in [0.25, 0.3) is 0 Å². The predicted molar refractivity (Wildman–Crippen MR) is 51.6 cm³/mol. The summed E-state index contributed by atoms with van der Waals surface area (Å²) in [6.07, 6.45) is 4.38. The number of rotatable bonds is 3. The van der Waals surface area contributed by atoms with Gasteiger partial charge in [0.1, 0.15) is 5.83 Å². The third-order valence-electron chi connectivity index (χ3n) is 1.58. The Kier molecular flexibility index (Phi) is 2.80. The zero-order valence-electron chi connectivity index (χ0n) is 7.50. The van der Waals surface area contributed by atoms with Crippen LogP contribution in [0.1, 0.15) is 5.69 Å². The molecule has 0 radical (unpaired) electrons. The quantitative estimate of drug-likeness (QED) is 0.650. The third-order valence-corrected chi connectivity index (χ3v) is 1.58. The molecule has 0 saturated carbocycles. The molecule has 0 amide bonds. The zero-order valence-corrected chi connectivity index (χ0v) is 7.50. The fourth-order valence-electron chi connectivity index (χ4n) is 0.902. The van der Waals surface area contributed by atoms with Gasteiger partial charge in [0, 0.05) is 18.8 Å². The van der Waals surface area contributed by atoms with Gasteiger partial charge in [0.05, 0.1) is 5.69 Å². The van der Waals surface area contributed by atoms with Gasteiger partial charge in [-0.25, -0.2) is 4.39 Å². The van der Waals surface area contributed by atoms with Crippen molar-refractivity contribution in [2.75, 3.05) is 0 Å². The zero-order chi connectivity index (χ0) is 9.84. The second-order valence-electron chi connectivity index (χ2n) is 2.60. The van der Waals surface area contributed by atoms with Crippen LogP contribution in [0.5, 0.6) is 0 Å². The summed E-state index contributed by atoms with van der Waals surface area (Å²) < 4.78 is 14.7. The lowest BCUT2D eigenvalue weighted by atomic mass is 10.2. The summed E-state index contributed by atoms with van der Waals surface area (Å²) in [4.78, 5) is 0. The van der Waals surface area contributed by atoms with Gasteiger partial charge >= 0.3 is 0 Å². The number of aromatic nitrogens is 2. The molecule has 13 heavy (non-hydrogen) atoms. The van der Waals surface area contributed by atoms with E-state index in [2.05, 4.69) is 18.3 Å². The Hall–Kier alpha value is -1.64. The van der Waals surface area contributed by atoms with E-state index < -0.39 is 5.83 Å². The summed E-state index contributed by atoms with van der Waals surface area (Å²) in [5, 5.41) is 4.02. The van der Waals surface area contributed by atoms with Crippen LogP contribution in [0, 0.1) is 0 Å². The highest BCUT2D eigenvalue weighted by Crippen LogP contribution is 2.19. The lowest BCUT2D eigenvalue weighted by Crippen LogP contribution is -1.90. The highest BCUT2D eigenvalue weighted by atomic mass is 19.1. The van der Waals surface area contributed by atoms with Crippen molar-refractivity contribution >= 4 is 5.57 Å². The van der Waals surface area contributed by atoms with Gasteiger partial charge in [-0.05, 0) is 12.1 Å². The molecular formula is C10H11FN2. The van der Waals surface area contributed by atoms with E-state index in [1.165, 1.54) is 12.2 Å². The second kappa shape index (κ2) is 3.85. The molecule has 0 bridgehead atoms. The average molecular weight is 178 g/mol. The maximum atomic E-state index is 13.1. The first kappa shape index (κ1) is 9.45. The summed E-state index contributed by atoms with van der Waals surface area (Å²) in [5.74, 6) is -0.409. The molecule has 1 aromatic heterocycles. The summed E-state index contributed by atoms with van der Waals surface area (Å²) in [5.41, 5.74) is 0.818. The van der Waals surface area contributed by atoms with E-state index >= 15 is 0 Å². The molecule has 0 spiro atoms. The summed E-state index contributed by atoms with van der Waals surface area (Å²) >= 11 is 0. The number of halogens is 1. The van der Waals surface area contributed by atoms with E-state index in [0.29, 0.717) is 5.69 Å². The van der Waals surface area contributed by atoms with Gasteiger partial charge in [0.2, 0.25) is 0 Å². The minimum Gasteiger partial charge on any atom is -0.275 e. The van der Waals surface area contributed by atoms with Gasteiger partial charge in [-0.1, -0.05) is 19.2 Å². The number of hydrogen-bond acceptors (Lipinski definition) is 1. The van der Waals surface area contributed by atoms with E-state index in [1.54, 1.807) is 24.0 Å². The first-order valence-corrected chi connectivity index (χ1v) is 3.82. The summed E-state index contributed by atoms with van der Waals surface area (Å²) in [7, 11) is 1.77. The highest BCUT2D eigenvalue weighted by molar-refractivity contribution is 5.72. The molecule has 0 aromatic carbocycles. The van der Waals surface area contributed by atoms with Crippen molar-refractivity contribution in [2.45, 2.75) is 0 Å². The maximum absolute atomic E-state index is 13.1. The van der Waals surface area contributed by atoms with Crippen molar-refractivity contribution in [2.24, 2.45) is 7.05 Å². The largest absolute Gasteiger partial charge is 0.275 e. The first-order valence-electron chi connectivity index (χ1n) is 3.82. The van der Waals surface area contributed by atoms with E-state index in [0.717, 1.165) is 0 Å².